The molecule has 186 valence electrons. The summed E-state index contributed by atoms with van der Waals surface area (Å²) in [5, 5.41) is 15.3. The number of amides is 1. The van der Waals surface area contributed by atoms with Crippen LogP contribution in [-0.4, -0.2) is 28.6 Å². The van der Waals surface area contributed by atoms with Gasteiger partial charge in [0.1, 0.15) is 28.8 Å². The number of aryl methyl sites for hydroxylation is 1. The standard InChI is InChI=1S/C29H24N2O6/c1-3-35-21-14-12-19(13-15-21)27(32)25-26(31(29(34)28(25)33)24-16-18(2)37-30-24)20-8-7-11-23(17-20)36-22-9-5-4-6-10-22/h4-17,26,32H,3H2,1-2H3/t26-/m1/s1. The van der Waals surface area contributed by atoms with Crippen molar-refractivity contribution in [3.63, 3.8) is 0 Å². The lowest BCUT2D eigenvalue weighted by Crippen LogP contribution is -2.29. The number of carbonyl (C=O) groups excluding carboxylic acids is 2. The number of ether oxygens (including phenoxy) is 2. The minimum absolute atomic E-state index is 0.0633. The van der Waals surface area contributed by atoms with Crippen LogP contribution in [-0.2, 0) is 9.59 Å². The second-order valence-corrected chi connectivity index (χ2v) is 8.41. The molecular weight excluding hydrogens is 472 g/mol. The van der Waals surface area contributed by atoms with Gasteiger partial charge in [0.25, 0.3) is 5.78 Å². The summed E-state index contributed by atoms with van der Waals surface area (Å²) in [5.74, 6) is 0.463. The van der Waals surface area contributed by atoms with Gasteiger partial charge in [-0.15, -0.1) is 0 Å². The van der Waals surface area contributed by atoms with Crippen LogP contribution < -0.4 is 14.4 Å². The molecule has 1 aliphatic rings. The van der Waals surface area contributed by atoms with E-state index in [0.717, 1.165) is 0 Å². The maximum atomic E-state index is 13.3. The Morgan fingerprint density at radius 2 is 1.68 bits per heavy atom. The van der Waals surface area contributed by atoms with Crippen molar-refractivity contribution in [2.75, 3.05) is 11.5 Å². The number of para-hydroxylation sites is 1. The van der Waals surface area contributed by atoms with Gasteiger partial charge in [0, 0.05) is 11.6 Å². The molecule has 0 aliphatic carbocycles. The van der Waals surface area contributed by atoms with Crippen molar-refractivity contribution in [2.24, 2.45) is 0 Å². The lowest BCUT2D eigenvalue weighted by Gasteiger charge is -2.23. The number of benzene rings is 3. The molecule has 1 saturated heterocycles. The molecule has 5 rings (SSSR count). The van der Waals surface area contributed by atoms with Crippen LogP contribution in [0.3, 0.4) is 0 Å². The quantitative estimate of drug-likeness (QED) is 0.196. The SMILES string of the molecule is CCOc1ccc(C(O)=C2C(=O)C(=O)N(c3cc(C)on3)[C@@H]2c2cccc(Oc3ccccc3)c2)cc1. The van der Waals surface area contributed by atoms with Crippen molar-refractivity contribution >= 4 is 23.3 Å². The van der Waals surface area contributed by atoms with Gasteiger partial charge in [-0.3, -0.25) is 14.5 Å². The molecule has 8 heteroatoms. The van der Waals surface area contributed by atoms with Gasteiger partial charge in [0.2, 0.25) is 0 Å². The van der Waals surface area contributed by atoms with Crippen molar-refractivity contribution in [2.45, 2.75) is 19.9 Å². The fourth-order valence-electron chi connectivity index (χ4n) is 4.25. The molecule has 1 amide bonds. The number of nitrogens with zero attached hydrogens (tertiary/aromatic N) is 2. The molecule has 1 aromatic heterocycles. The first-order chi connectivity index (χ1) is 18.0. The van der Waals surface area contributed by atoms with Crippen LogP contribution >= 0.6 is 0 Å². The average Bonchev–Trinajstić information content (AvgIpc) is 3.45. The summed E-state index contributed by atoms with van der Waals surface area (Å²) in [5.41, 5.74) is 0.868. The second kappa shape index (κ2) is 10.0. The van der Waals surface area contributed by atoms with Gasteiger partial charge in [-0.2, -0.15) is 0 Å². The third kappa shape index (κ3) is 4.69. The Morgan fingerprint density at radius 3 is 2.35 bits per heavy atom. The molecule has 0 bridgehead atoms. The number of aliphatic hydroxyl groups excluding tert-OH is 1. The molecular formula is C29H24N2O6. The van der Waals surface area contributed by atoms with Crippen LogP contribution in [0.5, 0.6) is 17.2 Å². The summed E-state index contributed by atoms with van der Waals surface area (Å²) in [6.45, 7) is 4.06. The average molecular weight is 497 g/mol. The van der Waals surface area contributed by atoms with Gasteiger partial charge < -0.3 is 19.1 Å². The van der Waals surface area contributed by atoms with E-state index in [2.05, 4.69) is 5.16 Å². The van der Waals surface area contributed by atoms with E-state index < -0.39 is 17.7 Å². The van der Waals surface area contributed by atoms with E-state index in [9.17, 15) is 14.7 Å². The van der Waals surface area contributed by atoms with Crippen molar-refractivity contribution in [3.8, 4) is 17.2 Å². The number of hydrogen-bond acceptors (Lipinski definition) is 7. The first-order valence-corrected chi connectivity index (χ1v) is 11.8. The predicted octanol–water partition coefficient (Wildman–Crippen LogP) is 5.80. The maximum absolute atomic E-state index is 13.3. The predicted molar refractivity (Wildman–Crippen MR) is 137 cm³/mol. The van der Waals surface area contributed by atoms with Crippen molar-refractivity contribution < 1.29 is 28.7 Å². The number of Topliss-reactive ketones (excluding diaryl/α,β-unsaturated/α-hetero) is 1. The van der Waals surface area contributed by atoms with Crippen molar-refractivity contribution in [3.05, 3.63) is 107 Å². The van der Waals surface area contributed by atoms with Gasteiger partial charge >= 0.3 is 5.91 Å². The Labute approximate surface area is 213 Å². The normalized spacial score (nSPS) is 16.7. The van der Waals surface area contributed by atoms with Crippen LogP contribution in [0.1, 0.15) is 29.9 Å². The zero-order valence-corrected chi connectivity index (χ0v) is 20.3. The summed E-state index contributed by atoms with van der Waals surface area (Å²) in [6.07, 6.45) is 0. The molecule has 1 atom stereocenters. The Kier molecular flexibility index (Phi) is 6.47. The van der Waals surface area contributed by atoms with Crippen LogP contribution in [0.2, 0.25) is 0 Å². The molecule has 1 fully saturated rings. The van der Waals surface area contributed by atoms with Crippen molar-refractivity contribution in [1.29, 1.82) is 0 Å². The highest BCUT2D eigenvalue weighted by Gasteiger charge is 2.48. The zero-order valence-electron chi connectivity index (χ0n) is 20.3. The molecule has 0 spiro atoms. The summed E-state index contributed by atoms with van der Waals surface area (Å²) in [4.78, 5) is 27.8. The minimum Gasteiger partial charge on any atom is -0.507 e. The molecule has 2 heterocycles. The van der Waals surface area contributed by atoms with Crippen LogP contribution in [0.25, 0.3) is 5.76 Å². The fourth-order valence-corrected chi connectivity index (χ4v) is 4.25. The van der Waals surface area contributed by atoms with E-state index in [-0.39, 0.29) is 17.2 Å². The first-order valence-electron chi connectivity index (χ1n) is 11.8. The number of anilines is 1. The van der Waals surface area contributed by atoms with E-state index in [1.165, 1.54) is 4.90 Å². The Hall–Kier alpha value is -4.85. The van der Waals surface area contributed by atoms with Gasteiger partial charge in [0.05, 0.1) is 18.2 Å². The third-order valence-electron chi connectivity index (χ3n) is 5.90. The maximum Gasteiger partial charge on any atom is 0.301 e. The third-order valence-corrected chi connectivity index (χ3v) is 5.90. The van der Waals surface area contributed by atoms with E-state index in [0.29, 0.717) is 40.7 Å². The molecule has 3 aromatic carbocycles. The topological polar surface area (TPSA) is 102 Å². The molecule has 0 radical (unpaired) electrons. The summed E-state index contributed by atoms with van der Waals surface area (Å²) in [6, 6.07) is 23.6. The van der Waals surface area contributed by atoms with Crippen molar-refractivity contribution in [1.82, 2.24) is 5.16 Å². The smallest absolute Gasteiger partial charge is 0.301 e. The zero-order chi connectivity index (χ0) is 25.9. The highest BCUT2D eigenvalue weighted by molar-refractivity contribution is 6.51. The highest BCUT2D eigenvalue weighted by Crippen LogP contribution is 2.43. The monoisotopic (exact) mass is 496 g/mol. The molecule has 1 N–H and O–H groups in total. The highest BCUT2D eigenvalue weighted by atomic mass is 16.5. The summed E-state index contributed by atoms with van der Waals surface area (Å²) >= 11 is 0. The number of rotatable bonds is 7. The van der Waals surface area contributed by atoms with Crippen LogP contribution in [0.15, 0.2) is 95.0 Å². The minimum atomic E-state index is -0.963. The number of aliphatic hydroxyl groups is 1. The Morgan fingerprint density at radius 1 is 0.946 bits per heavy atom. The first kappa shape index (κ1) is 23.9. The number of hydrogen-bond donors (Lipinski definition) is 1. The fraction of sp³-hybridized carbons (Fsp3) is 0.138. The molecule has 4 aromatic rings. The molecule has 0 unspecified atom stereocenters. The Balaban J connectivity index is 1.62. The lowest BCUT2D eigenvalue weighted by molar-refractivity contribution is -0.132. The largest absolute Gasteiger partial charge is 0.507 e. The van der Waals surface area contributed by atoms with Gasteiger partial charge in [0.15, 0.2) is 5.82 Å². The molecule has 8 nitrogen and oxygen atoms in total. The molecule has 37 heavy (non-hydrogen) atoms. The lowest BCUT2D eigenvalue weighted by atomic mass is 9.95. The van der Waals surface area contributed by atoms with Gasteiger partial charge in [-0.25, -0.2) is 0 Å². The van der Waals surface area contributed by atoms with E-state index in [1.54, 1.807) is 61.5 Å². The van der Waals surface area contributed by atoms with E-state index in [4.69, 9.17) is 14.0 Å². The van der Waals surface area contributed by atoms with Crippen LogP contribution in [0.4, 0.5) is 5.82 Å². The van der Waals surface area contributed by atoms with Gasteiger partial charge in [-0.05, 0) is 67.9 Å². The molecule has 0 saturated carbocycles. The number of carbonyl (C=O) groups is 2. The second-order valence-electron chi connectivity index (χ2n) is 8.41. The van der Waals surface area contributed by atoms with Gasteiger partial charge in [-0.1, -0.05) is 35.5 Å². The Bertz CT molecular complexity index is 1470. The summed E-state index contributed by atoms with van der Waals surface area (Å²) < 4.78 is 16.6. The number of aromatic nitrogens is 1. The van der Waals surface area contributed by atoms with Crippen LogP contribution in [0, 0.1) is 6.92 Å². The number of ketones is 1. The molecule has 1 aliphatic heterocycles. The summed E-state index contributed by atoms with van der Waals surface area (Å²) in [7, 11) is 0. The van der Waals surface area contributed by atoms with E-state index in [1.807, 2.05) is 37.3 Å². The van der Waals surface area contributed by atoms with E-state index >= 15 is 0 Å².